The number of hydrogen-bond acceptors (Lipinski definition) is 2. The van der Waals surface area contributed by atoms with Gasteiger partial charge in [0.1, 0.15) is 0 Å². The van der Waals surface area contributed by atoms with Crippen LogP contribution < -0.4 is 10.2 Å². The molecule has 0 N–H and O–H groups in total. The normalized spacial score (nSPS) is 4.50. The Labute approximate surface area is 83.0 Å². The zero-order valence-electron chi connectivity index (χ0n) is 5.64. The summed E-state index contributed by atoms with van der Waals surface area (Å²) < 4.78 is 0. The minimum atomic E-state index is 0. The smallest absolute Gasteiger partial charge is 0.855 e. The third kappa shape index (κ3) is 147. The Morgan fingerprint density at radius 3 is 1.00 bits per heavy atom. The van der Waals surface area contributed by atoms with Gasteiger partial charge in [0.15, 0.2) is 0 Å². The van der Waals surface area contributed by atoms with E-state index in [1.54, 1.807) is 13.8 Å². The molecule has 0 aliphatic rings. The van der Waals surface area contributed by atoms with E-state index in [4.69, 9.17) is 10.2 Å². The molecule has 0 aliphatic heterocycles. The molecule has 2 nitrogen and oxygen atoms in total. The molecule has 0 saturated carbocycles. The minimum absolute atomic E-state index is 0. The minimum Gasteiger partial charge on any atom is -0.855 e. The Morgan fingerprint density at radius 1 is 1.00 bits per heavy atom. The molecule has 0 spiro atoms. The van der Waals surface area contributed by atoms with Gasteiger partial charge in [-0.2, -0.15) is 0 Å². The molecule has 0 rings (SSSR count). The van der Waals surface area contributed by atoms with Crippen molar-refractivity contribution in [3.8, 4) is 0 Å². The van der Waals surface area contributed by atoms with Crippen molar-refractivity contribution >= 4 is 46.1 Å². The molecule has 0 aromatic rings. The van der Waals surface area contributed by atoms with E-state index in [-0.39, 0.29) is 59.3 Å². The molecule has 0 saturated heterocycles. The average Bonchev–Trinajstić information content (AvgIpc) is 1.39. The van der Waals surface area contributed by atoms with Crippen molar-refractivity contribution in [3.63, 3.8) is 0 Å². The summed E-state index contributed by atoms with van der Waals surface area (Å²) in [7, 11) is 0. The summed E-state index contributed by atoms with van der Waals surface area (Å²) in [5, 5.41) is 17.9. The van der Waals surface area contributed by atoms with Crippen LogP contribution in [0.15, 0.2) is 0 Å². The van der Waals surface area contributed by atoms with Crippen LogP contribution >= 0.6 is 0 Å². The Bertz CT molecular complexity index is 14.0. The fourth-order valence-corrected chi connectivity index (χ4v) is 0. The monoisotopic (exact) mass is 138 g/mol. The second-order valence-electron chi connectivity index (χ2n) is 0.577. The molecular formula is C4H10Mg2O2. The summed E-state index contributed by atoms with van der Waals surface area (Å²) in [4.78, 5) is 0. The second-order valence-corrected chi connectivity index (χ2v) is 0.577. The molecule has 0 aromatic heterocycles. The van der Waals surface area contributed by atoms with Gasteiger partial charge in [-0.1, -0.05) is 13.8 Å². The maximum Gasteiger partial charge on any atom is 2.00 e. The van der Waals surface area contributed by atoms with Crippen LogP contribution in [0.25, 0.3) is 0 Å². The number of hydrogen-bond donors (Lipinski definition) is 0. The van der Waals surface area contributed by atoms with E-state index in [9.17, 15) is 0 Å². The van der Waals surface area contributed by atoms with Crippen LogP contribution in [0, 0.1) is 0 Å². The summed E-state index contributed by atoms with van der Waals surface area (Å²) in [6, 6.07) is 0. The molecule has 0 amide bonds. The van der Waals surface area contributed by atoms with Gasteiger partial charge in [-0.25, -0.2) is 0 Å². The van der Waals surface area contributed by atoms with Gasteiger partial charge in [0.05, 0.1) is 0 Å². The molecule has 2 radical (unpaired) electrons. The SMILES string of the molecule is CC[O-].CC[O-].[Mg+2].[Mg]. The predicted molar refractivity (Wildman–Crippen MR) is 32.6 cm³/mol. The molecule has 0 bridgehead atoms. The molecular weight excluding hydrogens is 129 g/mol. The topological polar surface area (TPSA) is 46.1 Å². The third-order valence-corrected chi connectivity index (χ3v) is 0. The van der Waals surface area contributed by atoms with Gasteiger partial charge in [-0.15, -0.1) is 13.2 Å². The Morgan fingerprint density at radius 2 is 1.00 bits per heavy atom. The van der Waals surface area contributed by atoms with Crippen molar-refractivity contribution in [3.05, 3.63) is 0 Å². The van der Waals surface area contributed by atoms with Crippen molar-refractivity contribution in [2.75, 3.05) is 13.2 Å². The van der Waals surface area contributed by atoms with Crippen LogP contribution in [-0.4, -0.2) is 59.3 Å². The van der Waals surface area contributed by atoms with Crippen LogP contribution in [0.2, 0.25) is 0 Å². The largest absolute Gasteiger partial charge is 2.00 e. The van der Waals surface area contributed by atoms with Crippen molar-refractivity contribution in [2.45, 2.75) is 13.8 Å². The Balaban J connectivity index is -0.0000000160. The van der Waals surface area contributed by atoms with Gasteiger partial charge >= 0.3 is 23.1 Å². The second kappa shape index (κ2) is 39.4. The summed E-state index contributed by atoms with van der Waals surface area (Å²) in [5.41, 5.74) is 0. The zero-order valence-corrected chi connectivity index (χ0v) is 8.47. The standard InChI is InChI=1S/2C2H5O.2Mg/c2*1-2-3;;/h2*2H2,1H3;;/q2*-1;;+2. The van der Waals surface area contributed by atoms with E-state index in [2.05, 4.69) is 0 Å². The first-order valence-electron chi connectivity index (χ1n) is 1.99. The Kier molecular flexibility index (Phi) is 112. The summed E-state index contributed by atoms with van der Waals surface area (Å²) in [6.45, 7) is 3.14. The van der Waals surface area contributed by atoms with E-state index < -0.39 is 0 Å². The molecule has 0 unspecified atom stereocenters. The van der Waals surface area contributed by atoms with Crippen LogP contribution in [0.1, 0.15) is 13.8 Å². The molecule has 4 heteroatoms. The quantitative estimate of drug-likeness (QED) is 0.363. The maximum absolute atomic E-state index is 8.93. The van der Waals surface area contributed by atoms with Gasteiger partial charge in [0.25, 0.3) is 0 Å². The van der Waals surface area contributed by atoms with Crippen LogP contribution in [0.3, 0.4) is 0 Å². The molecule has 8 heavy (non-hydrogen) atoms. The third-order valence-electron chi connectivity index (χ3n) is 0. The van der Waals surface area contributed by atoms with E-state index in [0.29, 0.717) is 0 Å². The average molecular weight is 139 g/mol. The zero-order chi connectivity index (χ0) is 5.41. The van der Waals surface area contributed by atoms with Gasteiger partial charge in [0.2, 0.25) is 0 Å². The van der Waals surface area contributed by atoms with E-state index in [1.807, 2.05) is 0 Å². The first-order chi connectivity index (χ1) is 2.83. The van der Waals surface area contributed by atoms with Gasteiger partial charge < -0.3 is 10.2 Å². The first kappa shape index (κ1) is 22.7. The Hall–Kier alpha value is 1.45. The van der Waals surface area contributed by atoms with Crippen molar-refractivity contribution in [1.29, 1.82) is 0 Å². The van der Waals surface area contributed by atoms with Crippen molar-refractivity contribution in [2.24, 2.45) is 0 Å². The number of rotatable bonds is 0. The molecule has 42 valence electrons. The van der Waals surface area contributed by atoms with E-state index in [1.165, 1.54) is 0 Å². The molecule has 0 fully saturated rings. The van der Waals surface area contributed by atoms with Crippen molar-refractivity contribution < 1.29 is 10.2 Å². The van der Waals surface area contributed by atoms with E-state index >= 15 is 0 Å². The van der Waals surface area contributed by atoms with Crippen molar-refractivity contribution in [1.82, 2.24) is 0 Å². The van der Waals surface area contributed by atoms with Gasteiger partial charge in [0, 0.05) is 23.1 Å². The van der Waals surface area contributed by atoms with Crippen LogP contribution in [0.4, 0.5) is 0 Å². The maximum atomic E-state index is 8.93. The predicted octanol–water partition coefficient (Wildman–Crippen LogP) is -2.03. The van der Waals surface area contributed by atoms with Crippen LogP contribution in [0.5, 0.6) is 0 Å². The van der Waals surface area contributed by atoms with Gasteiger partial charge in [-0.3, -0.25) is 0 Å². The molecule has 0 aromatic carbocycles. The molecule has 0 atom stereocenters. The summed E-state index contributed by atoms with van der Waals surface area (Å²) >= 11 is 0. The summed E-state index contributed by atoms with van der Waals surface area (Å²) in [5.74, 6) is 0. The van der Waals surface area contributed by atoms with E-state index in [0.717, 1.165) is 0 Å². The van der Waals surface area contributed by atoms with Gasteiger partial charge in [-0.05, 0) is 0 Å². The van der Waals surface area contributed by atoms with Crippen LogP contribution in [-0.2, 0) is 0 Å². The fraction of sp³-hybridized carbons (Fsp3) is 1.00. The molecule has 0 heterocycles. The summed E-state index contributed by atoms with van der Waals surface area (Å²) in [6.07, 6.45) is 0. The first-order valence-corrected chi connectivity index (χ1v) is 1.99. The fourth-order valence-electron chi connectivity index (χ4n) is 0. The molecule has 0 aliphatic carbocycles.